The van der Waals surface area contributed by atoms with Crippen LogP contribution in [0.15, 0.2) is 46.7 Å². The van der Waals surface area contributed by atoms with E-state index in [0.29, 0.717) is 4.90 Å². The highest BCUT2D eigenvalue weighted by atomic mass is 32.2. The SMILES string of the molecule is Cc1cc(-c2sccc2C)c(-c2ccc(S(C)(=O)=O)cc2)[nH]1. The third-order valence-corrected chi connectivity index (χ3v) is 5.81. The predicted molar refractivity (Wildman–Crippen MR) is 92.1 cm³/mol. The van der Waals surface area contributed by atoms with E-state index < -0.39 is 9.84 Å². The number of hydrogen-bond donors (Lipinski definition) is 1. The van der Waals surface area contributed by atoms with Gasteiger partial charge in [0.1, 0.15) is 0 Å². The predicted octanol–water partition coefficient (Wildman–Crippen LogP) is 4.43. The van der Waals surface area contributed by atoms with Crippen molar-refractivity contribution in [1.29, 1.82) is 0 Å². The normalized spacial score (nSPS) is 11.8. The number of hydrogen-bond acceptors (Lipinski definition) is 3. The number of aromatic amines is 1. The van der Waals surface area contributed by atoms with Crippen LogP contribution in [0.1, 0.15) is 11.3 Å². The van der Waals surface area contributed by atoms with Gasteiger partial charge in [-0.25, -0.2) is 8.42 Å². The average Bonchev–Trinajstić information content (AvgIpc) is 3.03. The summed E-state index contributed by atoms with van der Waals surface area (Å²) in [6.07, 6.45) is 1.22. The first-order chi connectivity index (χ1) is 10.4. The number of aromatic nitrogens is 1. The molecule has 0 atom stereocenters. The number of sulfone groups is 1. The lowest BCUT2D eigenvalue weighted by Crippen LogP contribution is -1.96. The minimum Gasteiger partial charge on any atom is -0.358 e. The van der Waals surface area contributed by atoms with Crippen molar-refractivity contribution in [2.45, 2.75) is 18.7 Å². The van der Waals surface area contributed by atoms with E-state index in [0.717, 1.165) is 22.5 Å². The van der Waals surface area contributed by atoms with Crippen LogP contribution in [0.3, 0.4) is 0 Å². The summed E-state index contributed by atoms with van der Waals surface area (Å²) in [6, 6.07) is 11.3. The van der Waals surface area contributed by atoms with Gasteiger partial charge in [0.15, 0.2) is 9.84 Å². The van der Waals surface area contributed by atoms with Crippen LogP contribution in [0.4, 0.5) is 0 Å². The molecule has 0 radical (unpaired) electrons. The molecule has 0 fully saturated rings. The quantitative estimate of drug-likeness (QED) is 0.772. The van der Waals surface area contributed by atoms with E-state index in [4.69, 9.17) is 0 Å². The van der Waals surface area contributed by atoms with Gasteiger partial charge in [0, 0.05) is 22.4 Å². The fourth-order valence-electron chi connectivity index (χ4n) is 2.51. The van der Waals surface area contributed by atoms with E-state index in [1.165, 1.54) is 16.7 Å². The Morgan fingerprint density at radius 1 is 1.05 bits per heavy atom. The lowest BCUT2D eigenvalue weighted by molar-refractivity contribution is 0.602. The molecule has 0 saturated carbocycles. The number of nitrogens with one attached hydrogen (secondary N) is 1. The first kappa shape index (κ1) is 15.1. The molecular weight excluding hydrogens is 314 g/mol. The molecule has 0 aliphatic rings. The molecule has 22 heavy (non-hydrogen) atoms. The first-order valence-electron chi connectivity index (χ1n) is 6.91. The highest BCUT2D eigenvalue weighted by Gasteiger charge is 2.14. The third-order valence-electron chi connectivity index (χ3n) is 3.63. The topological polar surface area (TPSA) is 49.9 Å². The van der Waals surface area contributed by atoms with Gasteiger partial charge >= 0.3 is 0 Å². The summed E-state index contributed by atoms with van der Waals surface area (Å²) in [5, 5.41) is 2.09. The Morgan fingerprint density at radius 3 is 2.27 bits per heavy atom. The van der Waals surface area contributed by atoms with Crippen molar-refractivity contribution in [3.63, 3.8) is 0 Å². The van der Waals surface area contributed by atoms with Gasteiger partial charge in [0.05, 0.1) is 10.6 Å². The van der Waals surface area contributed by atoms with Gasteiger partial charge in [-0.1, -0.05) is 12.1 Å². The minimum absolute atomic E-state index is 0.341. The molecule has 0 spiro atoms. The highest BCUT2D eigenvalue weighted by Crippen LogP contribution is 2.37. The maximum atomic E-state index is 11.6. The van der Waals surface area contributed by atoms with Crippen LogP contribution in [0.5, 0.6) is 0 Å². The first-order valence-corrected chi connectivity index (χ1v) is 9.68. The molecule has 0 saturated heterocycles. The Hall–Kier alpha value is -1.85. The number of thiophene rings is 1. The van der Waals surface area contributed by atoms with Crippen LogP contribution in [-0.4, -0.2) is 19.7 Å². The molecule has 0 aliphatic carbocycles. The second kappa shape index (κ2) is 5.41. The van der Waals surface area contributed by atoms with Crippen LogP contribution < -0.4 is 0 Å². The summed E-state index contributed by atoms with van der Waals surface area (Å²) in [4.78, 5) is 4.98. The number of rotatable bonds is 3. The summed E-state index contributed by atoms with van der Waals surface area (Å²) < 4.78 is 23.2. The van der Waals surface area contributed by atoms with Crippen LogP contribution >= 0.6 is 11.3 Å². The number of aryl methyl sites for hydroxylation is 2. The number of benzene rings is 1. The fourth-order valence-corrected chi connectivity index (χ4v) is 4.09. The Bertz CT molecular complexity index is 916. The van der Waals surface area contributed by atoms with E-state index in [2.05, 4.69) is 29.4 Å². The summed E-state index contributed by atoms with van der Waals surface area (Å²) in [5.74, 6) is 0. The largest absolute Gasteiger partial charge is 0.358 e. The Morgan fingerprint density at radius 2 is 1.73 bits per heavy atom. The zero-order valence-electron chi connectivity index (χ0n) is 12.7. The molecule has 2 aromatic heterocycles. The van der Waals surface area contributed by atoms with Gasteiger partial charge in [-0.15, -0.1) is 11.3 Å². The minimum atomic E-state index is -3.16. The summed E-state index contributed by atoms with van der Waals surface area (Å²) >= 11 is 1.72. The molecular formula is C17H17NO2S2. The maximum absolute atomic E-state index is 11.6. The summed E-state index contributed by atoms with van der Waals surface area (Å²) in [7, 11) is -3.16. The molecule has 5 heteroatoms. The van der Waals surface area contributed by atoms with E-state index in [1.807, 2.05) is 19.1 Å². The zero-order valence-corrected chi connectivity index (χ0v) is 14.3. The monoisotopic (exact) mass is 331 g/mol. The Kier molecular flexibility index (Phi) is 3.70. The molecule has 2 heterocycles. The molecule has 1 aromatic carbocycles. The van der Waals surface area contributed by atoms with Gasteiger partial charge in [-0.05, 0) is 54.6 Å². The molecule has 0 aliphatic heterocycles. The van der Waals surface area contributed by atoms with Crippen molar-refractivity contribution < 1.29 is 8.42 Å². The Labute approximate surface area is 134 Å². The van der Waals surface area contributed by atoms with Crippen LogP contribution in [0.25, 0.3) is 21.7 Å². The van der Waals surface area contributed by atoms with Gasteiger partial charge in [-0.3, -0.25) is 0 Å². The summed E-state index contributed by atoms with van der Waals surface area (Å²) in [5.41, 5.74) is 5.52. The van der Waals surface area contributed by atoms with Gasteiger partial charge in [0.25, 0.3) is 0 Å². The second-order valence-corrected chi connectivity index (χ2v) is 8.40. The smallest absolute Gasteiger partial charge is 0.175 e. The summed E-state index contributed by atoms with van der Waals surface area (Å²) in [6.45, 7) is 4.13. The van der Waals surface area contributed by atoms with Crippen molar-refractivity contribution in [3.05, 3.63) is 53.0 Å². The molecule has 3 aromatic rings. The molecule has 114 valence electrons. The molecule has 1 N–H and O–H groups in total. The molecule has 3 nitrogen and oxygen atoms in total. The van der Waals surface area contributed by atoms with Crippen molar-refractivity contribution in [1.82, 2.24) is 4.98 Å². The Balaban J connectivity index is 2.12. The third kappa shape index (κ3) is 2.74. The standard InChI is InChI=1S/C17H17NO2S2/c1-11-8-9-21-17(11)15-10-12(2)18-16(15)13-4-6-14(7-5-13)22(3,19)20/h4-10,18H,1-3H3. The lowest BCUT2D eigenvalue weighted by Gasteiger charge is -2.05. The molecule has 0 amide bonds. The van der Waals surface area contributed by atoms with E-state index in [9.17, 15) is 8.42 Å². The van der Waals surface area contributed by atoms with Gasteiger partial charge < -0.3 is 4.98 Å². The highest BCUT2D eigenvalue weighted by molar-refractivity contribution is 7.90. The van der Waals surface area contributed by atoms with Crippen LogP contribution in [-0.2, 0) is 9.84 Å². The zero-order chi connectivity index (χ0) is 15.9. The van der Waals surface area contributed by atoms with E-state index in [1.54, 1.807) is 23.5 Å². The molecule has 3 rings (SSSR count). The number of H-pyrrole nitrogens is 1. The molecule has 0 unspecified atom stereocenters. The van der Waals surface area contributed by atoms with E-state index in [-0.39, 0.29) is 0 Å². The average molecular weight is 331 g/mol. The van der Waals surface area contributed by atoms with Crippen molar-refractivity contribution in [2.24, 2.45) is 0 Å². The van der Waals surface area contributed by atoms with Crippen molar-refractivity contribution in [3.8, 4) is 21.7 Å². The van der Waals surface area contributed by atoms with Gasteiger partial charge in [-0.2, -0.15) is 0 Å². The second-order valence-electron chi connectivity index (χ2n) is 5.47. The lowest BCUT2D eigenvalue weighted by atomic mass is 10.1. The fraction of sp³-hybridized carbons (Fsp3) is 0.176. The van der Waals surface area contributed by atoms with Crippen LogP contribution in [0.2, 0.25) is 0 Å². The van der Waals surface area contributed by atoms with E-state index >= 15 is 0 Å². The van der Waals surface area contributed by atoms with Crippen molar-refractivity contribution in [2.75, 3.05) is 6.26 Å². The van der Waals surface area contributed by atoms with Crippen molar-refractivity contribution >= 4 is 21.2 Å². The van der Waals surface area contributed by atoms with Gasteiger partial charge in [0.2, 0.25) is 0 Å². The van der Waals surface area contributed by atoms with Crippen LogP contribution in [0, 0.1) is 13.8 Å². The molecule has 0 bridgehead atoms. The maximum Gasteiger partial charge on any atom is 0.175 e.